The number of aliphatic hydroxyl groups is 1. The molecule has 1 aliphatic heterocycles. The second kappa shape index (κ2) is 6.86. The molecule has 0 bridgehead atoms. The van der Waals surface area contributed by atoms with E-state index in [-0.39, 0.29) is 5.91 Å². The summed E-state index contributed by atoms with van der Waals surface area (Å²) in [5.41, 5.74) is 0. The Morgan fingerprint density at radius 2 is 1.94 bits per heavy atom. The van der Waals surface area contributed by atoms with E-state index in [0.29, 0.717) is 13.0 Å². The zero-order chi connectivity index (χ0) is 12.0. The first kappa shape index (κ1) is 13.5. The normalized spacial score (nSPS) is 21.1. The summed E-state index contributed by atoms with van der Waals surface area (Å²) in [6.07, 6.45) is 2.16. The molecule has 1 fully saturated rings. The molecular formula is C12H24N2O2. The van der Waals surface area contributed by atoms with Crippen LogP contribution in [-0.4, -0.2) is 59.6 Å². The van der Waals surface area contributed by atoms with E-state index in [9.17, 15) is 9.90 Å². The van der Waals surface area contributed by atoms with Crippen LogP contribution in [0.4, 0.5) is 0 Å². The largest absolute Gasteiger partial charge is 0.391 e. The second-order valence-corrected chi connectivity index (χ2v) is 4.54. The van der Waals surface area contributed by atoms with Crippen molar-refractivity contribution in [1.82, 2.24) is 9.80 Å². The minimum Gasteiger partial charge on any atom is -0.391 e. The highest BCUT2D eigenvalue weighted by Crippen LogP contribution is 2.10. The third kappa shape index (κ3) is 4.10. The maximum absolute atomic E-state index is 11.5. The number of hydrogen-bond donors (Lipinski definition) is 1. The predicted molar refractivity (Wildman–Crippen MR) is 64.2 cm³/mol. The van der Waals surface area contributed by atoms with E-state index in [1.807, 2.05) is 0 Å². The Bertz CT molecular complexity index is 215. The lowest BCUT2D eigenvalue weighted by atomic mass is 10.3. The lowest BCUT2D eigenvalue weighted by Gasteiger charge is -2.24. The summed E-state index contributed by atoms with van der Waals surface area (Å²) in [5, 5.41) is 9.37. The molecule has 1 rings (SSSR count). The molecular weight excluding hydrogens is 204 g/mol. The summed E-state index contributed by atoms with van der Waals surface area (Å²) in [4.78, 5) is 15.6. The van der Waals surface area contributed by atoms with E-state index in [1.165, 1.54) is 0 Å². The van der Waals surface area contributed by atoms with E-state index < -0.39 is 6.10 Å². The van der Waals surface area contributed by atoms with Gasteiger partial charge in [0.1, 0.15) is 0 Å². The number of likely N-dealkylation sites (tertiary alicyclic amines) is 1. The van der Waals surface area contributed by atoms with Gasteiger partial charge in [-0.25, -0.2) is 0 Å². The van der Waals surface area contributed by atoms with Gasteiger partial charge >= 0.3 is 0 Å². The number of carbonyl (C=O) groups excluding carboxylic acids is 1. The molecule has 1 heterocycles. The number of β-amino-alcohol motifs (C(OH)–C–C–N with tert-alkyl or cyclic N) is 1. The molecule has 94 valence electrons. The Hall–Kier alpha value is -0.610. The van der Waals surface area contributed by atoms with E-state index >= 15 is 0 Å². The molecule has 0 aromatic heterocycles. The summed E-state index contributed by atoms with van der Waals surface area (Å²) in [5.74, 6) is 0.0976. The molecule has 1 amide bonds. The average molecular weight is 228 g/mol. The topological polar surface area (TPSA) is 43.8 Å². The number of hydrogen-bond acceptors (Lipinski definition) is 3. The van der Waals surface area contributed by atoms with Gasteiger partial charge in [-0.2, -0.15) is 0 Å². The molecule has 0 spiro atoms. The Balaban J connectivity index is 2.28. The number of nitrogens with zero attached hydrogens (tertiary/aromatic N) is 2. The Labute approximate surface area is 98.2 Å². The zero-order valence-corrected chi connectivity index (χ0v) is 10.5. The Morgan fingerprint density at radius 1 is 1.31 bits per heavy atom. The quantitative estimate of drug-likeness (QED) is 0.697. The van der Waals surface area contributed by atoms with Gasteiger partial charge in [0.15, 0.2) is 0 Å². The summed E-state index contributed by atoms with van der Waals surface area (Å²) < 4.78 is 0. The lowest BCUT2D eigenvalue weighted by Crippen LogP contribution is -2.37. The molecule has 16 heavy (non-hydrogen) atoms. The van der Waals surface area contributed by atoms with Crippen molar-refractivity contribution in [2.45, 2.75) is 39.2 Å². The molecule has 0 aliphatic carbocycles. The van der Waals surface area contributed by atoms with Gasteiger partial charge in [-0.15, -0.1) is 0 Å². The van der Waals surface area contributed by atoms with Gasteiger partial charge in [-0.05, 0) is 25.9 Å². The lowest BCUT2D eigenvalue weighted by molar-refractivity contribution is -0.127. The van der Waals surface area contributed by atoms with Crippen molar-refractivity contribution in [3.8, 4) is 0 Å². The third-order valence-corrected chi connectivity index (χ3v) is 2.96. The van der Waals surface area contributed by atoms with Crippen molar-refractivity contribution in [2.75, 3.05) is 32.7 Å². The Morgan fingerprint density at radius 3 is 2.38 bits per heavy atom. The fraction of sp³-hybridized carbons (Fsp3) is 0.917. The standard InChI is InChI=1S/C12H24N2O2/c1-3-5-13(6-4-2)7-8-14-10-11(15)9-12(14)16/h11,15H,3-10H2,1-2H3. The van der Waals surface area contributed by atoms with E-state index in [0.717, 1.165) is 39.0 Å². The second-order valence-electron chi connectivity index (χ2n) is 4.54. The van der Waals surface area contributed by atoms with Gasteiger partial charge in [0.05, 0.1) is 12.5 Å². The minimum absolute atomic E-state index is 0.0976. The first-order valence-corrected chi connectivity index (χ1v) is 6.35. The molecule has 4 nitrogen and oxygen atoms in total. The van der Waals surface area contributed by atoms with Gasteiger partial charge in [0, 0.05) is 19.6 Å². The number of rotatable bonds is 7. The van der Waals surface area contributed by atoms with E-state index in [4.69, 9.17) is 0 Å². The minimum atomic E-state index is -0.446. The SMILES string of the molecule is CCCN(CCC)CCN1CC(O)CC1=O. The van der Waals surface area contributed by atoms with Crippen molar-refractivity contribution in [3.05, 3.63) is 0 Å². The average Bonchev–Trinajstić information content (AvgIpc) is 2.54. The first-order valence-electron chi connectivity index (χ1n) is 6.35. The molecule has 1 N–H and O–H groups in total. The third-order valence-electron chi connectivity index (χ3n) is 2.96. The fourth-order valence-corrected chi connectivity index (χ4v) is 2.20. The summed E-state index contributed by atoms with van der Waals surface area (Å²) >= 11 is 0. The van der Waals surface area contributed by atoms with Crippen molar-refractivity contribution in [3.63, 3.8) is 0 Å². The highest BCUT2D eigenvalue weighted by molar-refractivity contribution is 5.78. The first-order chi connectivity index (χ1) is 7.67. The number of carbonyl (C=O) groups is 1. The number of amides is 1. The van der Waals surface area contributed by atoms with Gasteiger partial charge in [0.25, 0.3) is 0 Å². The summed E-state index contributed by atoms with van der Waals surface area (Å²) in [6.45, 7) is 8.75. The van der Waals surface area contributed by atoms with Gasteiger partial charge in [0.2, 0.25) is 5.91 Å². The van der Waals surface area contributed by atoms with Gasteiger partial charge in [-0.3, -0.25) is 4.79 Å². The van der Waals surface area contributed by atoms with E-state index in [1.54, 1.807) is 4.90 Å². The summed E-state index contributed by atoms with van der Waals surface area (Å²) in [7, 11) is 0. The van der Waals surface area contributed by atoms with Crippen molar-refractivity contribution < 1.29 is 9.90 Å². The van der Waals surface area contributed by atoms with Crippen LogP contribution in [0.5, 0.6) is 0 Å². The van der Waals surface area contributed by atoms with Crippen LogP contribution in [0.3, 0.4) is 0 Å². The molecule has 0 radical (unpaired) electrons. The van der Waals surface area contributed by atoms with Crippen molar-refractivity contribution >= 4 is 5.91 Å². The Kier molecular flexibility index (Phi) is 5.77. The van der Waals surface area contributed by atoms with Crippen LogP contribution in [-0.2, 0) is 4.79 Å². The van der Waals surface area contributed by atoms with Crippen LogP contribution < -0.4 is 0 Å². The molecule has 1 unspecified atom stereocenters. The van der Waals surface area contributed by atoms with Gasteiger partial charge < -0.3 is 14.9 Å². The molecule has 0 saturated carbocycles. The van der Waals surface area contributed by atoms with Crippen LogP contribution in [0.25, 0.3) is 0 Å². The summed E-state index contributed by atoms with van der Waals surface area (Å²) in [6, 6.07) is 0. The maximum Gasteiger partial charge on any atom is 0.225 e. The van der Waals surface area contributed by atoms with Crippen molar-refractivity contribution in [1.29, 1.82) is 0 Å². The van der Waals surface area contributed by atoms with Crippen LogP contribution in [0, 0.1) is 0 Å². The van der Waals surface area contributed by atoms with Crippen LogP contribution in [0.2, 0.25) is 0 Å². The highest BCUT2D eigenvalue weighted by atomic mass is 16.3. The number of aliphatic hydroxyl groups excluding tert-OH is 1. The van der Waals surface area contributed by atoms with Gasteiger partial charge in [-0.1, -0.05) is 13.8 Å². The van der Waals surface area contributed by atoms with Crippen LogP contribution in [0.15, 0.2) is 0 Å². The monoisotopic (exact) mass is 228 g/mol. The molecule has 0 aromatic rings. The molecule has 0 aromatic carbocycles. The smallest absolute Gasteiger partial charge is 0.225 e. The van der Waals surface area contributed by atoms with Crippen LogP contribution >= 0.6 is 0 Å². The molecule has 1 aliphatic rings. The van der Waals surface area contributed by atoms with E-state index in [2.05, 4.69) is 18.7 Å². The molecule has 1 saturated heterocycles. The molecule has 4 heteroatoms. The predicted octanol–water partition coefficient (Wildman–Crippen LogP) is 0.702. The maximum atomic E-state index is 11.5. The fourth-order valence-electron chi connectivity index (χ4n) is 2.20. The van der Waals surface area contributed by atoms with Crippen molar-refractivity contribution in [2.24, 2.45) is 0 Å². The zero-order valence-electron chi connectivity index (χ0n) is 10.5. The molecule has 1 atom stereocenters. The van der Waals surface area contributed by atoms with Crippen LogP contribution in [0.1, 0.15) is 33.1 Å². The highest BCUT2D eigenvalue weighted by Gasteiger charge is 2.27.